The highest BCUT2D eigenvalue weighted by atomic mass is 19.1. The van der Waals surface area contributed by atoms with Gasteiger partial charge in [-0.25, -0.2) is 4.39 Å². The van der Waals surface area contributed by atoms with Crippen molar-refractivity contribution in [1.82, 2.24) is 10.3 Å². The topological polar surface area (TPSA) is 63.2 Å². The van der Waals surface area contributed by atoms with Crippen LogP contribution in [0.25, 0.3) is 10.8 Å². The average molecular weight is 379 g/mol. The average Bonchev–Trinajstić information content (AvgIpc) is 3.22. The maximum absolute atomic E-state index is 13.4. The maximum atomic E-state index is 13.4. The van der Waals surface area contributed by atoms with Crippen molar-refractivity contribution in [3.05, 3.63) is 60.7 Å². The lowest BCUT2D eigenvalue weighted by Gasteiger charge is -2.13. The minimum absolute atomic E-state index is 0.00384. The maximum Gasteiger partial charge on any atom is 0.224 e. The third-order valence-electron chi connectivity index (χ3n) is 5.02. The highest BCUT2D eigenvalue weighted by Crippen LogP contribution is 2.34. The summed E-state index contributed by atoms with van der Waals surface area (Å²) in [6, 6.07) is 11.4. The molecule has 4 rings (SSSR count). The van der Waals surface area contributed by atoms with Crippen LogP contribution in [0, 0.1) is 11.7 Å². The van der Waals surface area contributed by atoms with Crippen LogP contribution in [0.5, 0.6) is 11.5 Å². The van der Waals surface area contributed by atoms with Gasteiger partial charge in [-0.1, -0.05) is 6.07 Å². The number of nitrogens with one attached hydrogen (secondary N) is 2. The fourth-order valence-electron chi connectivity index (χ4n) is 3.53. The van der Waals surface area contributed by atoms with Gasteiger partial charge in [0.15, 0.2) is 0 Å². The van der Waals surface area contributed by atoms with Crippen molar-refractivity contribution in [2.45, 2.75) is 19.3 Å². The first-order valence-corrected chi connectivity index (χ1v) is 9.50. The molecule has 1 unspecified atom stereocenters. The van der Waals surface area contributed by atoms with Gasteiger partial charge in [0, 0.05) is 35.7 Å². The summed E-state index contributed by atoms with van der Waals surface area (Å²) < 4.78 is 19.3. The van der Waals surface area contributed by atoms with Crippen LogP contribution in [-0.2, 0) is 4.79 Å². The van der Waals surface area contributed by atoms with Crippen molar-refractivity contribution in [2.75, 3.05) is 18.4 Å². The van der Waals surface area contributed by atoms with Crippen molar-refractivity contribution in [1.29, 1.82) is 0 Å². The number of pyridine rings is 1. The van der Waals surface area contributed by atoms with Crippen LogP contribution in [0.4, 0.5) is 10.1 Å². The Balaban J connectivity index is 1.52. The minimum Gasteiger partial charge on any atom is -0.457 e. The molecule has 28 heavy (non-hydrogen) atoms. The van der Waals surface area contributed by atoms with E-state index in [0.29, 0.717) is 29.5 Å². The van der Waals surface area contributed by atoms with Crippen molar-refractivity contribution in [2.24, 2.45) is 5.92 Å². The first-order valence-electron chi connectivity index (χ1n) is 9.50. The van der Waals surface area contributed by atoms with Gasteiger partial charge < -0.3 is 15.4 Å². The van der Waals surface area contributed by atoms with Gasteiger partial charge >= 0.3 is 0 Å². The van der Waals surface area contributed by atoms with Gasteiger partial charge in [0.05, 0.1) is 5.69 Å². The smallest absolute Gasteiger partial charge is 0.224 e. The van der Waals surface area contributed by atoms with Gasteiger partial charge in [-0.15, -0.1) is 0 Å². The van der Waals surface area contributed by atoms with Crippen LogP contribution in [0.3, 0.4) is 0 Å². The van der Waals surface area contributed by atoms with E-state index in [1.165, 1.54) is 12.1 Å². The second kappa shape index (κ2) is 8.35. The molecule has 6 heteroatoms. The Hall–Kier alpha value is -2.99. The lowest BCUT2D eigenvalue weighted by Crippen LogP contribution is -2.15. The van der Waals surface area contributed by atoms with Gasteiger partial charge in [-0.05, 0) is 62.2 Å². The number of halogens is 1. The predicted molar refractivity (Wildman–Crippen MR) is 107 cm³/mol. The number of ether oxygens (including phenoxy) is 1. The molecular formula is C22H22FN3O2. The van der Waals surface area contributed by atoms with Crippen molar-refractivity contribution >= 4 is 22.4 Å². The van der Waals surface area contributed by atoms with E-state index in [0.717, 1.165) is 36.7 Å². The first-order chi connectivity index (χ1) is 13.7. The molecule has 1 aromatic heterocycles. The fourth-order valence-corrected chi connectivity index (χ4v) is 3.53. The van der Waals surface area contributed by atoms with Gasteiger partial charge in [0.25, 0.3) is 0 Å². The third-order valence-corrected chi connectivity index (χ3v) is 5.02. The van der Waals surface area contributed by atoms with Crippen molar-refractivity contribution < 1.29 is 13.9 Å². The highest BCUT2D eigenvalue weighted by molar-refractivity contribution is 6.03. The van der Waals surface area contributed by atoms with E-state index in [9.17, 15) is 9.18 Å². The second-order valence-corrected chi connectivity index (χ2v) is 7.04. The summed E-state index contributed by atoms with van der Waals surface area (Å²) in [4.78, 5) is 16.6. The number of hydrogen-bond acceptors (Lipinski definition) is 4. The van der Waals surface area contributed by atoms with Gasteiger partial charge in [-0.2, -0.15) is 0 Å². The third kappa shape index (κ3) is 4.28. The molecule has 144 valence electrons. The van der Waals surface area contributed by atoms with Crippen LogP contribution < -0.4 is 15.4 Å². The number of carbonyl (C=O) groups excluding carboxylic acids is 1. The molecule has 1 atom stereocenters. The van der Waals surface area contributed by atoms with E-state index >= 15 is 0 Å². The summed E-state index contributed by atoms with van der Waals surface area (Å²) in [5.74, 6) is 1.21. The van der Waals surface area contributed by atoms with Crippen molar-refractivity contribution in [3.8, 4) is 11.5 Å². The molecule has 1 aliphatic rings. The Kier molecular flexibility index (Phi) is 5.48. The number of anilines is 1. The zero-order valence-electron chi connectivity index (χ0n) is 15.5. The zero-order valence-corrected chi connectivity index (χ0v) is 15.5. The number of benzene rings is 2. The molecule has 0 saturated carbocycles. The van der Waals surface area contributed by atoms with Crippen LogP contribution in [0.15, 0.2) is 54.9 Å². The Labute approximate surface area is 162 Å². The second-order valence-electron chi connectivity index (χ2n) is 7.04. The molecule has 1 fully saturated rings. The number of rotatable bonds is 6. The molecule has 1 saturated heterocycles. The molecule has 5 nitrogen and oxygen atoms in total. The number of fused-ring (bicyclic) bond motifs is 1. The highest BCUT2D eigenvalue weighted by Gasteiger charge is 2.16. The molecule has 1 amide bonds. The fraction of sp³-hybridized carbons (Fsp3) is 0.273. The van der Waals surface area contributed by atoms with E-state index in [-0.39, 0.29) is 11.7 Å². The van der Waals surface area contributed by atoms with Crippen LogP contribution >= 0.6 is 0 Å². The lowest BCUT2D eigenvalue weighted by atomic mass is 10.0. The summed E-state index contributed by atoms with van der Waals surface area (Å²) in [6.45, 7) is 2.03. The van der Waals surface area contributed by atoms with Crippen LogP contribution in [0.2, 0.25) is 0 Å². The van der Waals surface area contributed by atoms with Gasteiger partial charge in [-0.3, -0.25) is 9.78 Å². The monoisotopic (exact) mass is 379 g/mol. The molecule has 0 bridgehead atoms. The van der Waals surface area contributed by atoms with E-state index in [1.807, 2.05) is 6.07 Å². The molecular weight excluding hydrogens is 357 g/mol. The van der Waals surface area contributed by atoms with Crippen LogP contribution in [-0.4, -0.2) is 24.0 Å². The quantitative estimate of drug-likeness (QED) is 0.662. The summed E-state index contributed by atoms with van der Waals surface area (Å²) >= 11 is 0. The molecule has 0 radical (unpaired) electrons. The van der Waals surface area contributed by atoms with E-state index in [1.54, 1.807) is 36.7 Å². The van der Waals surface area contributed by atoms with E-state index < -0.39 is 0 Å². The molecule has 0 spiro atoms. The molecule has 0 aliphatic carbocycles. The van der Waals surface area contributed by atoms with Crippen molar-refractivity contribution in [3.63, 3.8) is 0 Å². The van der Waals surface area contributed by atoms with Gasteiger partial charge in [0.1, 0.15) is 17.3 Å². The van der Waals surface area contributed by atoms with Gasteiger partial charge in [0.2, 0.25) is 5.91 Å². The first kappa shape index (κ1) is 18.4. The number of aromatic nitrogens is 1. The predicted octanol–water partition coefficient (Wildman–Crippen LogP) is 4.49. The zero-order chi connectivity index (χ0) is 19.3. The Morgan fingerprint density at radius 2 is 2.18 bits per heavy atom. The molecule has 2 N–H and O–H groups in total. The minimum atomic E-state index is -0.357. The number of carbonyl (C=O) groups is 1. The van der Waals surface area contributed by atoms with E-state index in [2.05, 4.69) is 15.6 Å². The normalized spacial score (nSPS) is 16.2. The molecule has 3 aromatic rings. The standard InChI is InChI=1S/C22H22FN3O2/c23-16-2-1-3-17(12-16)28-21-6-5-20(19-14-25-11-9-18(19)21)26-22(27)7-4-15-8-10-24-13-15/h1-3,5-6,9,11-12,14-15,24H,4,7-8,10,13H2,(H,26,27). The SMILES string of the molecule is O=C(CCC1CCNC1)Nc1ccc(Oc2cccc(F)c2)c2ccncc12. The van der Waals surface area contributed by atoms with E-state index in [4.69, 9.17) is 4.74 Å². The summed E-state index contributed by atoms with van der Waals surface area (Å²) in [7, 11) is 0. The lowest BCUT2D eigenvalue weighted by molar-refractivity contribution is -0.116. The van der Waals surface area contributed by atoms with Crippen LogP contribution in [0.1, 0.15) is 19.3 Å². The Morgan fingerprint density at radius 1 is 1.25 bits per heavy atom. The summed E-state index contributed by atoms with van der Waals surface area (Å²) in [5.41, 5.74) is 0.698. The Bertz CT molecular complexity index is 986. The molecule has 2 aromatic carbocycles. The number of hydrogen-bond donors (Lipinski definition) is 2. The molecule has 2 heterocycles. The Morgan fingerprint density at radius 3 is 3.00 bits per heavy atom. The summed E-state index contributed by atoms with van der Waals surface area (Å²) in [6.07, 6.45) is 5.88. The number of amides is 1. The largest absolute Gasteiger partial charge is 0.457 e. The molecule has 1 aliphatic heterocycles. The number of nitrogens with zero attached hydrogens (tertiary/aromatic N) is 1. The summed E-state index contributed by atoms with van der Waals surface area (Å²) in [5, 5.41) is 7.90.